The van der Waals surface area contributed by atoms with Gasteiger partial charge >= 0.3 is 5.97 Å². The smallest absolute Gasteiger partial charge is 0.338 e. The van der Waals surface area contributed by atoms with Gasteiger partial charge < -0.3 is 9.84 Å². The highest BCUT2D eigenvalue weighted by molar-refractivity contribution is 5.90. The Bertz CT molecular complexity index is 648. The number of carbonyl (C=O) groups excluding carboxylic acids is 3. The fraction of sp³-hybridized carbons (Fsp3) is 0.267. The Hall–Kier alpha value is -2.85. The summed E-state index contributed by atoms with van der Waals surface area (Å²) in [5, 5.41) is 8.71. The number of hydrogen-bond donors (Lipinski definition) is 1. The molecule has 7 heteroatoms. The van der Waals surface area contributed by atoms with Crippen LogP contribution < -0.4 is 0 Å². The number of aliphatic hydroxyl groups excluding tert-OH is 1. The molecule has 1 aromatic rings. The van der Waals surface area contributed by atoms with Crippen LogP contribution in [-0.2, 0) is 25.5 Å². The summed E-state index contributed by atoms with van der Waals surface area (Å²) in [5.41, 5.74) is 1.59. The average Bonchev–Trinajstić information content (AvgIpc) is 2.51. The summed E-state index contributed by atoms with van der Waals surface area (Å²) in [4.78, 5) is 39.4. The van der Waals surface area contributed by atoms with Gasteiger partial charge in [0.25, 0.3) is 0 Å². The molecule has 0 aliphatic rings. The van der Waals surface area contributed by atoms with E-state index in [1.165, 1.54) is 12.2 Å². The van der Waals surface area contributed by atoms with Gasteiger partial charge in [-0.05, 0) is 18.1 Å². The molecule has 1 N–H and O–H groups in total. The summed E-state index contributed by atoms with van der Waals surface area (Å²) >= 11 is 0. The second-order valence-electron chi connectivity index (χ2n) is 4.17. The minimum Gasteiger partial charge on any atom is -0.460 e. The molecule has 0 aliphatic heterocycles. The fourth-order valence-electron chi connectivity index (χ4n) is 1.71. The predicted octanol–water partition coefficient (Wildman–Crippen LogP) is 0.956. The highest BCUT2D eigenvalue weighted by atomic mass is 16.5. The minimum absolute atomic E-state index is 0.0582. The summed E-state index contributed by atoms with van der Waals surface area (Å²) < 4.78 is 4.81. The van der Waals surface area contributed by atoms with Crippen LogP contribution in [0.15, 0.2) is 45.6 Å². The van der Waals surface area contributed by atoms with E-state index in [1.807, 2.05) is 19.1 Å². The van der Waals surface area contributed by atoms with Crippen LogP contribution in [0.4, 0.5) is 0 Å². The van der Waals surface area contributed by atoms with E-state index in [0.717, 1.165) is 11.1 Å². The van der Waals surface area contributed by atoms with Crippen molar-refractivity contribution < 1.29 is 24.2 Å². The molecule has 0 radical (unpaired) electrons. The Morgan fingerprint density at radius 3 is 2.41 bits per heavy atom. The van der Waals surface area contributed by atoms with Crippen molar-refractivity contribution >= 4 is 18.1 Å². The van der Waals surface area contributed by atoms with E-state index in [0.29, 0.717) is 0 Å². The second kappa shape index (κ2) is 9.15. The molecular weight excluding hydrogens is 288 g/mol. The number of carbonyl (C=O) groups is 1. The second-order valence-corrected chi connectivity index (χ2v) is 4.17. The van der Waals surface area contributed by atoms with Crippen molar-refractivity contribution in [3.8, 4) is 0 Å². The zero-order valence-corrected chi connectivity index (χ0v) is 11.9. The number of aryl methyl sites for hydroxylation is 1. The van der Waals surface area contributed by atoms with Gasteiger partial charge in [-0.3, -0.25) is 0 Å². The molecule has 0 saturated carbocycles. The largest absolute Gasteiger partial charge is 0.460 e. The molecule has 0 unspecified atom stereocenters. The number of nitrogens with zero attached hydrogens (tertiary/aromatic N) is 2. The Kier molecular flexibility index (Phi) is 7.16. The highest BCUT2D eigenvalue weighted by Crippen LogP contribution is 2.18. The number of isocyanates is 2. The van der Waals surface area contributed by atoms with E-state index in [2.05, 4.69) is 9.98 Å². The highest BCUT2D eigenvalue weighted by Gasteiger charge is 2.19. The summed E-state index contributed by atoms with van der Waals surface area (Å²) in [5.74, 6) is -1.23. The van der Waals surface area contributed by atoms with E-state index in [-0.39, 0.29) is 25.2 Å². The van der Waals surface area contributed by atoms with Crippen LogP contribution >= 0.6 is 0 Å². The first-order valence-corrected chi connectivity index (χ1v) is 6.35. The molecule has 0 bridgehead atoms. The van der Waals surface area contributed by atoms with Crippen molar-refractivity contribution in [1.29, 1.82) is 0 Å². The van der Waals surface area contributed by atoms with Gasteiger partial charge in [-0.25, -0.2) is 14.4 Å². The summed E-state index contributed by atoms with van der Waals surface area (Å²) in [6, 6.07) is 7.24. The molecule has 0 fully saturated rings. The van der Waals surface area contributed by atoms with Crippen molar-refractivity contribution in [2.24, 2.45) is 9.98 Å². The van der Waals surface area contributed by atoms with Gasteiger partial charge in [-0.15, -0.1) is 9.98 Å². The van der Waals surface area contributed by atoms with Gasteiger partial charge in [0.1, 0.15) is 6.61 Å². The Balaban J connectivity index is 3.29. The minimum atomic E-state index is -0.828. The van der Waals surface area contributed by atoms with Gasteiger partial charge in [0.2, 0.25) is 12.2 Å². The van der Waals surface area contributed by atoms with Crippen LogP contribution in [0.25, 0.3) is 0 Å². The SMILES string of the molecule is Cc1ccccc1CC(C(=O)OCCO)=C(N=C=O)N=C=O. The number of aliphatic imine (C=N–C) groups is 2. The van der Waals surface area contributed by atoms with E-state index < -0.39 is 11.8 Å². The number of benzene rings is 1. The topological polar surface area (TPSA) is 105 Å². The van der Waals surface area contributed by atoms with Gasteiger partial charge in [-0.1, -0.05) is 24.3 Å². The molecule has 22 heavy (non-hydrogen) atoms. The molecule has 0 aromatic heterocycles. The number of aliphatic hydroxyl groups is 1. The molecule has 0 aliphatic carbocycles. The maximum atomic E-state index is 12.0. The summed E-state index contributed by atoms with van der Waals surface area (Å²) in [6.45, 7) is 1.27. The zero-order chi connectivity index (χ0) is 16.4. The molecule has 0 saturated heterocycles. The van der Waals surface area contributed by atoms with Crippen molar-refractivity contribution in [3.05, 3.63) is 46.8 Å². The first kappa shape index (κ1) is 17.2. The lowest BCUT2D eigenvalue weighted by Gasteiger charge is -2.10. The van der Waals surface area contributed by atoms with E-state index in [1.54, 1.807) is 12.1 Å². The first-order valence-electron chi connectivity index (χ1n) is 6.35. The first-order chi connectivity index (χ1) is 10.6. The lowest BCUT2D eigenvalue weighted by Crippen LogP contribution is -2.14. The van der Waals surface area contributed by atoms with Crippen LogP contribution in [0, 0.1) is 6.92 Å². The lowest BCUT2D eigenvalue weighted by molar-refractivity contribution is -0.140. The third-order valence-electron chi connectivity index (χ3n) is 2.77. The van der Waals surface area contributed by atoms with Crippen LogP contribution in [0.2, 0.25) is 0 Å². The Morgan fingerprint density at radius 1 is 1.23 bits per heavy atom. The van der Waals surface area contributed by atoms with Gasteiger partial charge in [0.05, 0.1) is 12.2 Å². The van der Waals surface area contributed by atoms with Crippen molar-refractivity contribution in [2.45, 2.75) is 13.3 Å². The van der Waals surface area contributed by atoms with Gasteiger partial charge in [-0.2, -0.15) is 0 Å². The van der Waals surface area contributed by atoms with Gasteiger partial charge in [0.15, 0.2) is 5.82 Å². The summed E-state index contributed by atoms with van der Waals surface area (Å²) in [6.07, 6.45) is 2.52. The molecule has 1 aromatic carbocycles. The standard InChI is InChI=1S/C15H14N2O5/c1-11-4-2-3-5-12(11)8-13(15(21)22-7-6-18)14(16-9-19)17-10-20/h2-5,18H,6-8H2,1H3. The maximum absolute atomic E-state index is 12.0. The Labute approximate surface area is 126 Å². The average molecular weight is 302 g/mol. The predicted molar refractivity (Wildman–Crippen MR) is 76.2 cm³/mol. The van der Waals surface area contributed by atoms with E-state index in [9.17, 15) is 14.4 Å². The molecule has 1 rings (SSSR count). The normalized spacial score (nSPS) is 9.18. The number of rotatable bonds is 7. The number of hydrogen-bond acceptors (Lipinski definition) is 7. The zero-order valence-electron chi connectivity index (χ0n) is 11.9. The summed E-state index contributed by atoms with van der Waals surface area (Å²) in [7, 11) is 0. The van der Waals surface area contributed by atoms with E-state index in [4.69, 9.17) is 9.84 Å². The lowest BCUT2D eigenvalue weighted by atomic mass is 10.0. The van der Waals surface area contributed by atoms with Crippen LogP contribution in [0.1, 0.15) is 11.1 Å². The molecule has 114 valence electrons. The van der Waals surface area contributed by atoms with Crippen LogP contribution in [0.5, 0.6) is 0 Å². The third-order valence-corrected chi connectivity index (χ3v) is 2.77. The molecule has 0 amide bonds. The van der Waals surface area contributed by atoms with Crippen LogP contribution in [-0.4, -0.2) is 36.4 Å². The number of esters is 1. The van der Waals surface area contributed by atoms with Gasteiger partial charge in [0, 0.05) is 6.42 Å². The number of ether oxygens (including phenoxy) is 1. The third kappa shape index (κ3) is 4.92. The molecule has 0 heterocycles. The van der Waals surface area contributed by atoms with Crippen molar-refractivity contribution in [1.82, 2.24) is 0 Å². The van der Waals surface area contributed by atoms with E-state index >= 15 is 0 Å². The molecule has 0 spiro atoms. The maximum Gasteiger partial charge on any atom is 0.338 e. The molecular formula is C15H14N2O5. The van der Waals surface area contributed by atoms with Crippen LogP contribution in [0.3, 0.4) is 0 Å². The monoisotopic (exact) mass is 302 g/mol. The van der Waals surface area contributed by atoms with Crippen molar-refractivity contribution in [3.63, 3.8) is 0 Å². The molecule has 7 nitrogen and oxygen atoms in total. The molecule has 0 atom stereocenters. The van der Waals surface area contributed by atoms with Crippen molar-refractivity contribution in [2.75, 3.05) is 13.2 Å². The Morgan fingerprint density at radius 2 is 1.86 bits per heavy atom. The fourth-order valence-corrected chi connectivity index (χ4v) is 1.71. The quantitative estimate of drug-likeness (QED) is 0.349.